The predicted molar refractivity (Wildman–Crippen MR) is 310 cm³/mol. The van der Waals surface area contributed by atoms with E-state index < -0.39 is 42.8 Å². The molecule has 0 aromatic heterocycles. The lowest BCUT2D eigenvalue weighted by molar-refractivity contribution is -0.148. The van der Waals surface area contributed by atoms with E-state index in [-0.39, 0.29) is 13.1 Å². The number of nitrogens with one attached hydrogen (secondary N) is 2. The van der Waals surface area contributed by atoms with Crippen molar-refractivity contribution in [3.63, 3.8) is 0 Å². The van der Waals surface area contributed by atoms with Crippen LogP contribution in [0, 0.1) is 0 Å². The molecule has 7 N–H and O–H groups in total. The highest BCUT2D eigenvalue weighted by atomic mass is 16.5. The smallest absolute Gasteiger partial charge is 0.251 e. The van der Waals surface area contributed by atoms with Gasteiger partial charge in [-0.25, -0.2) is 0 Å². The van der Waals surface area contributed by atoms with Crippen LogP contribution in [0.15, 0.2) is 12.1 Å². The molecule has 1 rings (SSSR count). The Morgan fingerprint density at radius 1 is 0.400 bits per heavy atom. The molecule has 1 aromatic carbocycles. The number of benzene rings is 1. The number of hydrogen-bond donors (Lipinski definition) is 7. The summed E-state index contributed by atoms with van der Waals surface area (Å²) in [6.45, 7) is 7.36. The molecule has 4 atom stereocenters. The van der Waals surface area contributed by atoms with Gasteiger partial charge in [0.15, 0.2) is 17.6 Å². The van der Waals surface area contributed by atoms with Crippen LogP contribution in [-0.4, -0.2) is 101 Å². The maximum Gasteiger partial charge on any atom is 0.251 e. The Balaban J connectivity index is 2.94. The van der Waals surface area contributed by atoms with Crippen molar-refractivity contribution in [1.29, 1.82) is 0 Å². The van der Waals surface area contributed by atoms with Gasteiger partial charge in [-0.05, 0) is 31.4 Å². The number of aliphatic hydroxyl groups excluding tert-OH is 5. The molecule has 440 valence electrons. The van der Waals surface area contributed by atoms with E-state index in [1.807, 2.05) is 0 Å². The molecular weight excluding hydrogens is 945 g/mol. The number of rotatable bonds is 57. The number of carbonyl (C=O) groups is 2. The van der Waals surface area contributed by atoms with Crippen LogP contribution in [0.25, 0.3) is 0 Å². The largest absolute Gasteiger partial charge is 0.490 e. The summed E-state index contributed by atoms with van der Waals surface area (Å²) in [5.41, 5.74) is 0.327. The van der Waals surface area contributed by atoms with Gasteiger partial charge in [0.2, 0.25) is 5.75 Å². The number of ether oxygens (including phenoxy) is 3. The Morgan fingerprint density at radius 2 is 0.680 bits per heavy atom. The van der Waals surface area contributed by atoms with Crippen LogP contribution in [0.3, 0.4) is 0 Å². The van der Waals surface area contributed by atoms with Gasteiger partial charge in [0.1, 0.15) is 18.3 Å². The number of aliphatic hydroxyl groups is 5. The number of carbonyl (C=O) groups excluding carboxylic acids is 2. The van der Waals surface area contributed by atoms with Gasteiger partial charge in [0.05, 0.1) is 26.4 Å². The van der Waals surface area contributed by atoms with Crippen molar-refractivity contribution in [2.24, 2.45) is 0 Å². The molecule has 0 unspecified atom stereocenters. The second-order valence-corrected chi connectivity index (χ2v) is 21.9. The van der Waals surface area contributed by atoms with E-state index in [1.165, 1.54) is 218 Å². The van der Waals surface area contributed by atoms with Gasteiger partial charge in [0.25, 0.3) is 11.8 Å². The van der Waals surface area contributed by atoms with E-state index in [2.05, 4.69) is 31.4 Å². The third-order valence-corrected chi connectivity index (χ3v) is 14.8. The van der Waals surface area contributed by atoms with E-state index in [1.54, 1.807) is 12.1 Å². The van der Waals surface area contributed by atoms with Crippen LogP contribution in [0.1, 0.15) is 301 Å². The fraction of sp³-hybridized carbons (Fsp3) is 0.873. The van der Waals surface area contributed by atoms with Crippen molar-refractivity contribution >= 4 is 11.8 Å². The lowest BCUT2D eigenvalue weighted by Gasteiger charge is -2.24. The highest BCUT2D eigenvalue weighted by Crippen LogP contribution is 2.40. The number of unbranched alkanes of at least 4 members (excludes halogenated alkanes) is 39. The summed E-state index contributed by atoms with van der Waals surface area (Å²) in [5.74, 6) is 0.0813. The zero-order valence-corrected chi connectivity index (χ0v) is 48.7. The van der Waals surface area contributed by atoms with Crippen LogP contribution >= 0.6 is 0 Å². The minimum absolute atomic E-state index is 0.00292. The highest BCUT2D eigenvalue weighted by molar-refractivity contribution is 5.95. The van der Waals surface area contributed by atoms with Gasteiger partial charge in [-0.3, -0.25) is 9.59 Å². The number of hydrogen-bond acceptors (Lipinski definition) is 10. The average molecular weight is 1060 g/mol. The predicted octanol–water partition coefficient (Wildman–Crippen LogP) is 14.5. The first kappa shape index (κ1) is 70.4. The van der Waals surface area contributed by atoms with Crippen molar-refractivity contribution in [2.75, 3.05) is 39.5 Å². The lowest BCUT2D eigenvalue weighted by Crippen LogP contribution is -2.52. The summed E-state index contributed by atoms with van der Waals surface area (Å²) in [7, 11) is 0. The van der Waals surface area contributed by atoms with Gasteiger partial charge in [-0.2, -0.15) is 0 Å². The maximum atomic E-state index is 13.7. The van der Waals surface area contributed by atoms with E-state index in [0.717, 1.165) is 51.4 Å². The summed E-state index contributed by atoms with van der Waals surface area (Å²) in [5, 5.41) is 54.2. The Bertz CT molecular complexity index is 1380. The molecular formula is C63H118N2O10. The minimum atomic E-state index is -2.06. The molecule has 0 bridgehead atoms. The van der Waals surface area contributed by atoms with Gasteiger partial charge in [0, 0.05) is 18.7 Å². The second-order valence-electron chi connectivity index (χ2n) is 21.9. The zero-order valence-electron chi connectivity index (χ0n) is 48.7. The summed E-state index contributed by atoms with van der Waals surface area (Å²) >= 11 is 0. The molecule has 0 aliphatic heterocycles. The first-order valence-electron chi connectivity index (χ1n) is 31.7. The Kier molecular flexibility index (Phi) is 48.9. The quantitative estimate of drug-likeness (QED) is 0.0310. The third-order valence-electron chi connectivity index (χ3n) is 14.8. The van der Waals surface area contributed by atoms with E-state index in [9.17, 15) is 30.0 Å². The fourth-order valence-electron chi connectivity index (χ4n) is 9.74. The van der Waals surface area contributed by atoms with Gasteiger partial charge in [-0.15, -0.1) is 0 Å². The molecule has 0 spiro atoms. The van der Waals surface area contributed by atoms with Crippen LogP contribution in [0.5, 0.6) is 17.2 Å². The Labute approximate surface area is 459 Å². The van der Waals surface area contributed by atoms with E-state index in [4.69, 9.17) is 19.3 Å². The van der Waals surface area contributed by atoms with Crippen molar-refractivity contribution in [1.82, 2.24) is 10.6 Å². The molecule has 0 saturated carbocycles. The maximum absolute atomic E-state index is 13.7. The monoisotopic (exact) mass is 1060 g/mol. The molecule has 1 aromatic rings. The molecule has 12 nitrogen and oxygen atoms in total. The molecule has 0 aliphatic carbocycles. The van der Waals surface area contributed by atoms with Crippen molar-refractivity contribution in [3.05, 3.63) is 17.7 Å². The SMILES string of the molecule is CCCCCCCCCCCCCCCCOc1cc(C(=O)NCCNC(=O)[C@H](O)[C@@H](O)[C@H](O)[C@H](O)CO)cc(OCCCCCCCCCCCCCCCC)c1OCCCCCCCCCCCCCCCC. The summed E-state index contributed by atoms with van der Waals surface area (Å²) in [4.78, 5) is 26.2. The Hall–Kier alpha value is -2.64. The topological polar surface area (TPSA) is 187 Å². The van der Waals surface area contributed by atoms with Gasteiger partial charge in [-0.1, -0.05) is 271 Å². The normalized spacial score (nSPS) is 13.1. The van der Waals surface area contributed by atoms with Crippen LogP contribution in [0.4, 0.5) is 0 Å². The molecule has 0 heterocycles. The van der Waals surface area contributed by atoms with Crippen molar-refractivity contribution < 1.29 is 49.3 Å². The van der Waals surface area contributed by atoms with Crippen LogP contribution in [-0.2, 0) is 4.79 Å². The standard InChI is InChI=1S/C63H118N2O10/c1-4-7-10-13-16-19-22-25-28-31-34-37-40-43-48-73-56-51-54(62(71)64-46-47-65-63(72)60(70)59(69)58(68)55(67)53-66)52-57(74-49-44-41-38-35-32-29-26-23-20-17-14-11-8-5-2)61(56)75-50-45-42-39-36-33-30-27-24-21-18-15-12-9-6-3/h51-52,55,58-60,66-70H,4-50,53H2,1-3H3,(H,64,71)(H,65,72)/t55-,58-,59+,60-/m1/s1. The van der Waals surface area contributed by atoms with Gasteiger partial charge >= 0.3 is 0 Å². The first-order valence-corrected chi connectivity index (χ1v) is 31.7. The molecule has 0 saturated heterocycles. The molecule has 75 heavy (non-hydrogen) atoms. The zero-order chi connectivity index (χ0) is 54.7. The van der Waals surface area contributed by atoms with Crippen LogP contribution in [0.2, 0.25) is 0 Å². The molecule has 2 amide bonds. The third kappa shape index (κ3) is 39.4. The van der Waals surface area contributed by atoms with Gasteiger partial charge < -0.3 is 50.4 Å². The van der Waals surface area contributed by atoms with E-state index in [0.29, 0.717) is 42.6 Å². The molecule has 0 fully saturated rings. The van der Waals surface area contributed by atoms with Crippen molar-refractivity contribution in [2.45, 2.75) is 315 Å². The first-order chi connectivity index (χ1) is 36.7. The molecule has 0 radical (unpaired) electrons. The lowest BCUT2D eigenvalue weighted by atomic mass is 10.0. The highest BCUT2D eigenvalue weighted by Gasteiger charge is 2.34. The number of amides is 2. The summed E-state index contributed by atoms with van der Waals surface area (Å²) in [6, 6.07) is 3.43. The Morgan fingerprint density at radius 3 is 0.987 bits per heavy atom. The molecule has 0 aliphatic rings. The average Bonchev–Trinajstić information content (AvgIpc) is 3.42. The van der Waals surface area contributed by atoms with E-state index >= 15 is 0 Å². The fourth-order valence-corrected chi connectivity index (χ4v) is 9.74. The molecule has 12 heteroatoms. The summed E-state index contributed by atoms with van der Waals surface area (Å²) in [6.07, 6.45) is 45.7. The van der Waals surface area contributed by atoms with Crippen molar-refractivity contribution in [3.8, 4) is 17.2 Å². The summed E-state index contributed by atoms with van der Waals surface area (Å²) < 4.78 is 19.5. The van der Waals surface area contributed by atoms with Crippen LogP contribution < -0.4 is 24.8 Å². The minimum Gasteiger partial charge on any atom is -0.490 e. The second kappa shape index (κ2) is 52.1.